The number of aromatic amines is 1. The molecule has 3 rings (SSSR count). The van der Waals surface area contributed by atoms with Gasteiger partial charge in [0.15, 0.2) is 0 Å². The fourth-order valence-electron chi connectivity index (χ4n) is 3.99. The van der Waals surface area contributed by atoms with Crippen LogP contribution in [0, 0.1) is 12.8 Å². The van der Waals surface area contributed by atoms with E-state index in [0.717, 1.165) is 28.1 Å². The van der Waals surface area contributed by atoms with Gasteiger partial charge in [0.2, 0.25) is 10.0 Å². The van der Waals surface area contributed by atoms with Gasteiger partial charge in [-0.25, -0.2) is 13.4 Å². The zero-order valence-corrected chi connectivity index (χ0v) is 21.5. The molecule has 2 aromatic heterocycles. The van der Waals surface area contributed by atoms with Crippen molar-refractivity contribution in [2.24, 2.45) is 5.92 Å². The number of H-pyrrole nitrogens is 1. The molecule has 0 amide bonds. The molecule has 0 fully saturated rings. The van der Waals surface area contributed by atoms with Crippen molar-refractivity contribution >= 4 is 27.0 Å². The van der Waals surface area contributed by atoms with Crippen LogP contribution in [0.4, 0.5) is 0 Å². The van der Waals surface area contributed by atoms with Gasteiger partial charge in [0, 0.05) is 25.7 Å². The highest BCUT2D eigenvalue weighted by Crippen LogP contribution is 2.24. The maximum atomic E-state index is 13.4. The summed E-state index contributed by atoms with van der Waals surface area (Å²) >= 11 is 0. The van der Waals surface area contributed by atoms with Crippen LogP contribution in [0.15, 0.2) is 41.4 Å². The number of hydrogen-bond donors (Lipinski definition) is 1. The first-order valence-electron chi connectivity index (χ1n) is 11.5. The number of fused-ring (bicyclic) bond motifs is 1. The Bertz CT molecular complexity index is 1230. The van der Waals surface area contributed by atoms with Gasteiger partial charge in [0.1, 0.15) is 11.3 Å². The van der Waals surface area contributed by atoms with E-state index in [2.05, 4.69) is 15.0 Å². The van der Waals surface area contributed by atoms with E-state index in [4.69, 9.17) is 4.74 Å². The Kier molecular flexibility index (Phi) is 8.09. The van der Waals surface area contributed by atoms with E-state index in [1.165, 1.54) is 11.4 Å². The van der Waals surface area contributed by atoms with Gasteiger partial charge in [0.25, 0.3) is 0 Å². The number of ether oxygens (including phenoxy) is 1. The lowest BCUT2D eigenvalue weighted by Gasteiger charge is -2.28. The summed E-state index contributed by atoms with van der Waals surface area (Å²) in [5.74, 6) is 0.646. The molecule has 0 aliphatic rings. The summed E-state index contributed by atoms with van der Waals surface area (Å²) in [6.45, 7) is 9.47. The molecular weight excluding hydrogens is 452 g/mol. The number of carbonyl (C=O) groups is 1. The summed E-state index contributed by atoms with van der Waals surface area (Å²) < 4.78 is 33.3. The molecule has 0 saturated heterocycles. The average Bonchev–Trinajstić information content (AvgIpc) is 3.13. The van der Waals surface area contributed by atoms with Gasteiger partial charge in [-0.05, 0) is 56.9 Å². The first-order chi connectivity index (χ1) is 16.0. The topological polar surface area (TPSA) is 105 Å². The minimum absolute atomic E-state index is 0.0168. The second kappa shape index (κ2) is 10.7. The van der Waals surface area contributed by atoms with Crippen molar-refractivity contribution in [3.05, 3.63) is 53.6 Å². The quantitative estimate of drug-likeness (QED) is 0.430. The predicted molar refractivity (Wildman–Crippen MR) is 132 cm³/mol. The Morgan fingerprint density at radius 2 is 1.79 bits per heavy atom. The summed E-state index contributed by atoms with van der Waals surface area (Å²) in [5, 5.41) is 0. The minimum atomic E-state index is -3.79. The Labute approximate surface area is 201 Å². The third-order valence-corrected chi connectivity index (χ3v) is 7.52. The van der Waals surface area contributed by atoms with Gasteiger partial charge in [-0.3, -0.25) is 9.78 Å². The fraction of sp³-hybridized carbons (Fsp3) is 0.480. The van der Waals surface area contributed by atoms with Crippen molar-refractivity contribution in [2.75, 3.05) is 7.05 Å². The van der Waals surface area contributed by atoms with Gasteiger partial charge in [-0.2, -0.15) is 4.31 Å². The number of hydrogen-bond acceptors (Lipinski definition) is 6. The molecule has 8 nitrogen and oxygen atoms in total. The molecule has 0 bridgehead atoms. The Hall–Kier alpha value is -2.78. The molecular formula is C25H34N4O4S. The summed E-state index contributed by atoms with van der Waals surface area (Å²) in [5.41, 5.74) is 3.51. The van der Waals surface area contributed by atoms with E-state index < -0.39 is 22.0 Å². The number of esters is 1. The van der Waals surface area contributed by atoms with E-state index in [1.54, 1.807) is 44.3 Å². The lowest BCUT2D eigenvalue weighted by Crippen LogP contribution is -2.39. The molecule has 184 valence electrons. The Morgan fingerprint density at radius 3 is 2.41 bits per heavy atom. The molecule has 1 aromatic carbocycles. The highest BCUT2D eigenvalue weighted by molar-refractivity contribution is 7.89. The molecule has 1 atom stereocenters. The smallest absolute Gasteiger partial charge is 0.307 e. The van der Waals surface area contributed by atoms with Crippen LogP contribution in [0.1, 0.15) is 57.6 Å². The number of nitrogens with one attached hydrogen (secondary N) is 1. The van der Waals surface area contributed by atoms with Crippen molar-refractivity contribution in [3.8, 4) is 0 Å². The van der Waals surface area contributed by atoms with Crippen LogP contribution >= 0.6 is 0 Å². The Balaban J connectivity index is 1.79. The zero-order chi connectivity index (χ0) is 25.0. The largest absolute Gasteiger partial charge is 0.463 e. The third-order valence-electron chi connectivity index (χ3n) is 5.59. The number of rotatable bonds is 10. The van der Waals surface area contributed by atoms with E-state index in [9.17, 15) is 13.2 Å². The maximum absolute atomic E-state index is 13.4. The SMILES string of the molecule is Cc1nc2c(Cc3ccc(S(=O)(=O)N(C)C(CC(=O)OC(C)C)CC(C)C)cc3)nccc2[nH]1. The Morgan fingerprint density at radius 1 is 1.12 bits per heavy atom. The molecule has 0 aliphatic heterocycles. The molecule has 0 radical (unpaired) electrons. The minimum Gasteiger partial charge on any atom is -0.463 e. The van der Waals surface area contributed by atoms with Gasteiger partial charge >= 0.3 is 5.97 Å². The first kappa shape index (κ1) is 25.8. The van der Waals surface area contributed by atoms with E-state index in [-0.39, 0.29) is 23.3 Å². The molecule has 1 N–H and O–H groups in total. The molecule has 3 aromatic rings. The number of carbonyl (C=O) groups excluding carboxylic acids is 1. The number of aromatic nitrogens is 3. The van der Waals surface area contributed by atoms with Crippen LogP contribution in [0.25, 0.3) is 11.0 Å². The van der Waals surface area contributed by atoms with Crippen molar-refractivity contribution < 1.29 is 17.9 Å². The highest BCUT2D eigenvalue weighted by atomic mass is 32.2. The maximum Gasteiger partial charge on any atom is 0.307 e. The monoisotopic (exact) mass is 486 g/mol. The van der Waals surface area contributed by atoms with Crippen molar-refractivity contribution in [3.63, 3.8) is 0 Å². The van der Waals surface area contributed by atoms with Gasteiger partial charge in [0.05, 0.1) is 28.6 Å². The summed E-state index contributed by atoms with van der Waals surface area (Å²) in [7, 11) is -2.26. The number of pyridine rings is 1. The lowest BCUT2D eigenvalue weighted by molar-refractivity contribution is -0.148. The second-order valence-corrected chi connectivity index (χ2v) is 11.3. The number of imidazole rings is 1. The van der Waals surface area contributed by atoms with E-state index >= 15 is 0 Å². The normalized spacial score (nSPS) is 13.2. The van der Waals surface area contributed by atoms with Crippen molar-refractivity contribution in [1.29, 1.82) is 0 Å². The van der Waals surface area contributed by atoms with Crippen LogP contribution in [0.5, 0.6) is 0 Å². The number of benzene rings is 1. The molecule has 9 heteroatoms. The summed E-state index contributed by atoms with van der Waals surface area (Å²) in [6, 6.07) is 8.21. The number of nitrogens with zero attached hydrogens (tertiary/aromatic N) is 3. The van der Waals surface area contributed by atoms with E-state index in [1.807, 2.05) is 26.8 Å². The molecule has 0 spiro atoms. The summed E-state index contributed by atoms with van der Waals surface area (Å²) in [4.78, 5) is 24.6. The molecule has 0 aliphatic carbocycles. The number of sulfonamides is 1. The highest BCUT2D eigenvalue weighted by Gasteiger charge is 2.30. The number of aryl methyl sites for hydroxylation is 1. The average molecular weight is 487 g/mol. The molecule has 0 saturated carbocycles. The predicted octanol–water partition coefficient (Wildman–Crippen LogP) is 4.23. The van der Waals surface area contributed by atoms with Crippen molar-refractivity contribution in [2.45, 2.75) is 70.9 Å². The molecule has 2 heterocycles. The van der Waals surface area contributed by atoms with Gasteiger partial charge < -0.3 is 9.72 Å². The van der Waals surface area contributed by atoms with Crippen LogP contribution in [-0.2, 0) is 26.0 Å². The van der Waals surface area contributed by atoms with Gasteiger partial charge in [-0.15, -0.1) is 0 Å². The van der Waals surface area contributed by atoms with Gasteiger partial charge in [-0.1, -0.05) is 26.0 Å². The fourth-order valence-corrected chi connectivity index (χ4v) is 5.35. The third kappa shape index (κ3) is 6.21. The summed E-state index contributed by atoms with van der Waals surface area (Å²) in [6.07, 6.45) is 2.60. The molecule has 1 unspecified atom stereocenters. The van der Waals surface area contributed by atoms with Crippen LogP contribution in [0.3, 0.4) is 0 Å². The standard InChI is InChI=1S/C25H34N4O4S/c1-16(2)13-20(15-24(30)33-17(3)4)29(6)34(31,32)21-9-7-19(8-10-21)14-23-25-22(11-12-26-23)27-18(5)28-25/h7-12,16-17,20H,13-15H2,1-6H3,(H,27,28). The van der Waals surface area contributed by atoms with Crippen LogP contribution < -0.4 is 0 Å². The van der Waals surface area contributed by atoms with Crippen LogP contribution in [-0.4, -0.2) is 52.8 Å². The van der Waals surface area contributed by atoms with E-state index in [0.29, 0.717) is 12.8 Å². The zero-order valence-electron chi connectivity index (χ0n) is 20.7. The lowest BCUT2D eigenvalue weighted by atomic mass is 10.0. The van der Waals surface area contributed by atoms with Crippen molar-refractivity contribution in [1.82, 2.24) is 19.3 Å². The first-order valence-corrected chi connectivity index (χ1v) is 13.0. The second-order valence-electron chi connectivity index (χ2n) is 9.34. The van der Waals surface area contributed by atoms with Crippen LogP contribution in [0.2, 0.25) is 0 Å². The molecule has 34 heavy (non-hydrogen) atoms.